The maximum atomic E-state index is 12.7. The van der Waals surface area contributed by atoms with Gasteiger partial charge in [-0.15, -0.1) is 0 Å². The molecule has 1 heterocycles. The summed E-state index contributed by atoms with van der Waals surface area (Å²) in [5, 5.41) is 2.59. The fourth-order valence-electron chi connectivity index (χ4n) is 2.96. The van der Waals surface area contributed by atoms with Crippen LogP contribution in [0.2, 0.25) is 0 Å². The molecule has 11 heteroatoms. The van der Waals surface area contributed by atoms with E-state index in [4.69, 9.17) is 4.74 Å². The molecule has 0 bridgehead atoms. The molecule has 1 aromatic rings. The molecule has 1 unspecified atom stereocenters. The molecule has 2 N–H and O–H groups in total. The van der Waals surface area contributed by atoms with E-state index in [-0.39, 0.29) is 12.6 Å². The van der Waals surface area contributed by atoms with Crippen LogP contribution in [0.15, 0.2) is 29.2 Å². The van der Waals surface area contributed by atoms with Crippen molar-refractivity contribution in [3.63, 3.8) is 0 Å². The van der Waals surface area contributed by atoms with Crippen LogP contribution in [0.3, 0.4) is 0 Å². The molecule has 1 fully saturated rings. The number of amides is 1. The Kier molecular flexibility index (Phi) is 8.03. The first kappa shape index (κ1) is 23.6. The highest BCUT2D eigenvalue weighted by Gasteiger charge is 2.31. The highest BCUT2D eigenvalue weighted by atomic mass is 32.2. The molecule has 1 aliphatic rings. The SMILES string of the molecule is CC(C)CN1CCOC(CNC(=O)CNS(=O)(=O)c2cccc(C(F)(F)F)c2)C1. The Morgan fingerprint density at radius 1 is 1.34 bits per heavy atom. The Morgan fingerprint density at radius 3 is 2.72 bits per heavy atom. The maximum Gasteiger partial charge on any atom is 0.416 e. The van der Waals surface area contributed by atoms with E-state index in [2.05, 4.69) is 24.1 Å². The summed E-state index contributed by atoms with van der Waals surface area (Å²) in [6, 6.07) is 3.34. The molecule has 1 atom stereocenters. The van der Waals surface area contributed by atoms with E-state index in [0.717, 1.165) is 31.3 Å². The van der Waals surface area contributed by atoms with Gasteiger partial charge in [0.1, 0.15) is 0 Å². The minimum atomic E-state index is -4.66. The summed E-state index contributed by atoms with van der Waals surface area (Å²) in [6.07, 6.45) is -4.86. The predicted octanol–water partition coefficient (Wildman–Crippen LogP) is 1.46. The van der Waals surface area contributed by atoms with Crippen LogP contribution in [-0.4, -0.2) is 64.7 Å². The van der Waals surface area contributed by atoms with Crippen LogP contribution in [0.25, 0.3) is 0 Å². The Bertz CT molecular complexity index is 800. The van der Waals surface area contributed by atoms with Crippen molar-refractivity contribution in [3.8, 4) is 0 Å². The zero-order valence-corrected chi connectivity index (χ0v) is 17.1. The van der Waals surface area contributed by atoms with E-state index in [1.807, 2.05) is 4.72 Å². The number of benzene rings is 1. The van der Waals surface area contributed by atoms with E-state index in [1.165, 1.54) is 0 Å². The number of halogens is 3. The Hall–Kier alpha value is -1.69. The summed E-state index contributed by atoms with van der Waals surface area (Å²) in [6.45, 7) is 6.82. The molecule has 0 saturated carbocycles. The topological polar surface area (TPSA) is 87.7 Å². The van der Waals surface area contributed by atoms with Gasteiger partial charge in [-0.3, -0.25) is 9.69 Å². The Morgan fingerprint density at radius 2 is 2.07 bits per heavy atom. The van der Waals surface area contributed by atoms with Gasteiger partial charge < -0.3 is 10.1 Å². The minimum Gasteiger partial charge on any atom is -0.374 e. The third kappa shape index (κ3) is 7.57. The highest BCUT2D eigenvalue weighted by molar-refractivity contribution is 7.89. The third-order valence-corrected chi connectivity index (χ3v) is 5.67. The number of hydrogen-bond acceptors (Lipinski definition) is 5. The number of ether oxygens (including phenoxy) is 1. The molecule has 0 aliphatic carbocycles. The van der Waals surface area contributed by atoms with Crippen molar-refractivity contribution in [1.29, 1.82) is 0 Å². The monoisotopic (exact) mass is 437 g/mol. The summed E-state index contributed by atoms with van der Waals surface area (Å²) in [7, 11) is -4.25. The second-order valence-electron chi connectivity index (χ2n) is 7.30. The Balaban J connectivity index is 1.84. The quantitative estimate of drug-likeness (QED) is 0.643. The normalized spacial score (nSPS) is 18.8. The lowest BCUT2D eigenvalue weighted by Gasteiger charge is -2.33. The molecule has 0 aromatic heterocycles. The molecular weight excluding hydrogens is 411 g/mol. The molecular formula is C18H26F3N3O4S. The average molecular weight is 437 g/mol. The van der Waals surface area contributed by atoms with Gasteiger partial charge in [-0.25, -0.2) is 13.1 Å². The van der Waals surface area contributed by atoms with E-state index in [9.17, 15) is 26.4 Å². The molecule has 29 heavy (non-hydrogen) atoms. The molecule has 1 aromatic carbocycles. The minimum absolute atomic E-state index is 0.202. The van der Waals surface area contributed by atoms with Crippen molar-refractivity contribution in [2.75, 3.05) is 39.3 Å². The van der Waals surface area contributed by atoms with Gasteiger partial charge in [-0.1, -0.05) is 19.9 Å². The van der Waals surface area contributed by atoms with E-state index in [0.29, 0.717) is 25.1 Å². The number of alkyl halides is 3. The molecule has 1 saturated heterocycles. The van der Waals surface area contributed by atoms with Crippen molar-refractivity contribution >= 4 is 15.9 Å². The average Bonchev–Trinajstić information content (AvgIpc) is 2.64. The van der Waals surface area contributed by atoms with Crippen LogP contribution in [0.4, 0.5) is 13.2 Å². The van der Waals surface area contributed by atoms with Crippen molar-refractivity contribution in [2.45, 2.75) is 31.0 Å². The first-order chi connectivity index (χ1) is 13.5. The number of sulfonamides is 1. The van der Waals surface area contributed by atoms with Crippen LogP contribution in [0.5, 0.6) is 0 Å². The lowest BCUT2D eigenvalue weighted by atomic mass is 10.2. The second-order valence-corrected chi connectivity index (χ2v) is 9.07. The molecule has 2 rings (SSSR count). The highest BCUT2D eigenvalue weighted by Crippen LogP contribution is 2.30. The van der Waals surface area contributed by atoms with E-state index >= 15 is 0 Å². The number of rotatable bonds is 8. The summed E-state index contributed by atoms with van der Waals surface area (Å²) >= 11 is 0. The van der Waals surface area contributed by atoms with Crippen molar-refractivity contribution in [1.82, 2.24) is 14.9 Å². The van der Waals surface area contributed by atoms with Gasteiger partial charge in [0.15, 0.2) is 0 Å². The van der Waals surface area contributed by atoms with Crippen LogP contribution in [0.1, 0.15) is 19.4 Å². The number of nitrogens with zero attached hydrogens (tertiary/aromatic N) is 1. The summed E-state index contributed by atoms with van der Waals surface area (Å²) < 4.78 is 70.2. The lowest BCUT2D eigenvalue weighted by molar-refractivity contribution is -0.137. The van der Waals surface area contributed by atoms with Crippen LogP contribution in [0, 0.1) is 5.92 Å². The van der Waals surface area contributed by atoms with Crippen molar-refractivity contribution < 1.29 is 31.1 Å². The first-order valence-electron chi connectivity index (χ1n) is 9.25. The summed E-state index contributed by atoms with van der Waals surface area (Å²) in [4.78, 5) is 13.6. The van der Waals surface area contributed by atoms with Gasteiger partial charge in [0.05, 0.1) is 29.7 Å². The van der Waals surface area contributed by atoms with Gasteiger partial charge in [-0.05, 0) is 24.1 Å². The fourth-order valence-corrected chi connectivity index (χ4v) is 3.99. The van der Waals surface area contributed by atoms with Gasteiger partial charge in [0.2, 0.25) is 15.9 Å². The number of carbonyl (C=O) groups is 1. The van der Waals surface area contributed by atoms with E-state index < -0.39 is 39.1 Å². The smallest absolute Gasteiger partial charge is 0.374 e. The zero-order chi connectivity index (χ0) is 21.7. The van der Waals surface area contributed by atoms with E-state index in [1.54, 1.807) is 0 Å². The van der Waals surface area contributed by atoms with Crippen LogP contribution >= 0.6 is 0 Å². The maximum absolute atomic E-state index is 12.7. The van der Waals surface area contributed by atoms with Crippen LogP contribution < -0.4 is 10.0 Å². The fraction of sp³-hybridized carbons (Fsp3) is 0.611. The van der Waals surface area contributed by atoms with Gasteiger partial charge >= 0.3 is 6.18 Å². The zero-order valence-electron chi connectivity index (χ0n) is 16.3. The molecule has 164 valence electrons. The van der Waals surface area contributed by atoms with Gasteiger partial charge in [0.25, 0.3) is 0 Å². The molecule has 1 aliphatic heterocycles. The predicted molar refractivity (Wildman–Crippen MR) is 101 cm³/mol. The number of carbonyl (C=O) groups excluding carboxylic acids is 1. The molecule has 0 radical (unpaired) electrons. The van der Waals surface area contributed by atoms with Crippen LogP contribution in [-0.2, 0) is 25.7 Å². The third-order valence-electron chi connectivity index (χ3n) is 4.27. The number of morpholine rings is 1. The summed E-state index contributed by atoms with van der Waals surface area (Å²) in [5.74, 6) is -0.0845. The molecule has 0 spiro atoms. The number of nitrogens with one attached hydrogen (secondary N) is 2. The van der Waals surface area contributed by atoms with Gasteiger partial charge in [-0.2, -0.15) is 13.2 Å². The van der Waals surface area contributed by atoms with Crippen molar-refractivity contribution in [2.24, 2.45) is 5.92 Å². The second kappa shape index (κ2) is 9.88. The van der Waals surface area contributed by atoms with Gasteiger partial charge in [0, 0.05) is 26.2 Å². The Labute approximate surface area is 168 Å². The standard InChI is InChI=1S/C18H26F3N3O4S/c1-13(2)11-24-6-7-28-15(12-24)9-22-17(25)10-23-29(26,27)16-5-3-4-14(8-16)18(19,20)21/h3-5,8,13,15,23H,6-7,9-12H2,1-2H3,(H,22,25). The molecule has 7 nitrogen and oxygen atoms in total. The van der Waals surface area contributed by atoms with Crippen molar-refractivity contribution in [3.05, 3.63) is 29.8 Å². The summed E-state index contributed by atoms with van der Waals surface area (Å²) in [5.41, 5.74) is -1.08. The largest absolute Gasteiger partial charge is 0.416 e. The molecule has 1 amide bonds. The first-order valence-corrected chi connectivity index (χ1v) is 10.7. The number of hydrogen-bond donors (Lipinski definition) is 2. The lowest BCUT2D eigenvalue weighted by Crippen LogP contribution is -2.49.